The molecule has 3 rings (SSSR count). The molecule has 148 valence electrons. The smallest absolute Gasteiger partial charge is 0.260 e. The van der Waals surface area contributed by atoms with Gasteiger partial charge in [-0.2, -0.15) is 0 Å². The second-order valence-electron chi connectivity index (χ2n) is 7.98. The van der Waals surface area contributed by atoms with Crippen molar-refractivity contribution >= 4 is 11.8 Å². The molecule has 1 aromatic rings. The quantitative estimate of drug-likeness (QED) is 0.793. The van der Waals surface area contributed by atoms with Crippen molar-refractivity contribution in [2.75, 3.05) is 39.3 Å². The van der Waals surface area contributed by atoms with E-state index < -0.39 is 0 Å². The second kappa shape index (κ2) is 8.74. The summed E-state index contributed by atoms with van der Waals surface area (Å²) in [5, 5.41) is 3.01. The fourth-order valence-electron chi connectivity index (χ4n) is 3.33. The molecule has 0 unspecified atom stereocenters. The molecule has 6 heteroatoms. The van der Waals surface area contributed by atoms with Crippen LogP contribution in [0.25, 0.3) is 0 Å². The van der Waals surface area contributed by atoms with Gasteiger partial charge in [-0.25, -0.2) is 0 Å². The SMILES string of the molecule is Cc1ccc(C(C)C)c(OCC(=O)N2CCN(CC(=O)NC3CC3)CC2)c1. The highest BCUT2D eigenvalue weighted by Crippen LogP contribution is 2.27. The minimum atomic E-state index is 0.00768. The first-order valence-electron chi connectivity index (χ1n) is 9.95. The third-order valence-corrected chi connectivity index (χ3v) is 5.18. The van der Waals surface area contributed by atoms with E-state index in [1.807, 2.05) is 17.9 Å². The average molecular weight is 373 g/mol. The number of hydrogen-bond acceptors (Lipinski definition) is 4. The number of aryl methyl sites for hydroxylation is 1. The molecule has 27 heavy (non-hydrogen) atoms. The van der Waals surface area contributed by atoms with Crippen LogP contribution in [0, 0.1) is 6.92 Å². The zero-order chi connectivity index (χ0) is 19.4. The average Bonchev–Trinajstić information content (AvgIpc) is 3.44. The maximum atomic E-state index is 12.5. The van der Waals surface area contributed by atoms with Crippen molar-refractivity contribution in [1.29, 1.82) is 0 Å². The first-order chi connectivity index (χ1) is 12.9. The number of hydrogen-bond donors (Lipinski definition) is 1. The Bertz CT molecular complexity index is 677. The first kappa shape index (κ1) is 19.7. The number of amides is 2. The van der Waals surface area contributed by atoms with E-state index in [0.29, 0.717) is 31.6 Å². The van der Waals surface area contributed by atoms with Gasteiger partial charge in [0.15, 0.2) is 6.61 Å². The molecule has 1 aliphatic heterocycles. The standard InChI is InChI=1S/C21H31N3O3/c1-15(2)18-7-4-16(3)12-19(18)27-14-21(26)24-10-8-23(9-11-24)13-20(25)22-17-5-6-17/h4,7,12,15,17H,5-6,8-11,13-14H2,1-3H3,(H,22,25). The minimum Gasteiger partial charge on any atom is -0.483 e. The van der Waals surface area contributed by atoms with E-state index in [4.69, 9.17) is 4.74 Å². The summed E-state index contributed by atoms with van der Waals surface area (Å²) in [5.41, 5.74) is 2.25. The number of carbonyl (C=O) groups excluding carboxylic acids is 2. The fourth-order valence-corrected chi connectivity index (χ4v) is 3.33. The molecule has 2 aliphatic rings. The number of benzene rings is 1. The number of piperazine rings is 1. The van der Waals surface area contributed by atoms with Gasteiger partial charge in [-0.05, 0) is 42.9 Å². The Balaban J connectivity index is 1.44. The van der Waals surface area contributed by atoms with E-state index in [2.05, 4.69) is 36.2 Å². The minimum absolute atomic E-state index is 0.00768. The molecule has 0 radical (unpaired) electrons. The summed E-state index contributed by atoms with van der Waals surface area (Å²) < 4.78 is 5.87. The summed E-state index contributed by atoms with van der Waals surface area (Å²) in [6.07, 6.45) is 2.21. The van der Waals surface area contributed by atoms with Crippen molar-refractivity contribution in [2.24, 2.45) is 0 Å². The van der Waals surface area contributed by atoms with Crippen molar-refractivity contribution in [3.63, 3.8) is 0 Å². The molecular formula is C21H31N3O3. The van der Waals surface area contributed by atoms with Crippen molar-refractivity contribution in [3.05, 3.63) is 29.3 Å². The molecule has 1 saturated carbocycles. The van der Waals surface area contributed by atoms with E-state index in [-0.39, 0.29) is 18.4 Å². The Kier molecular flexibility index (Phi) is 6.37. The summed E-state index contributed by atoms with van der Waals surface area (Å²) in [5.74, 6) is 1.25. The van der Waals surface area contributed by atoms with Crippen LogP contribution in [-0.2, 0) is 9.59 Å². The van der Waals surface area contributed by atoms with Crippen LogP contribution < -0.4 is 10.1 Å². The van der Waals surface area contributed by atoms with E-state index in [0.717, 1.165) is 42.8 Å². The van der Waals surface area contributed by atoms with Gasteiger partial charge in [0.2, 0.25) is 5.91 Å². The van der Waals surface area contributed by atoms with Crippen LogP contribution in [0.2, 0.25) is 0 Å². The summed E-state index contributed by atoms with van der Waals surface area (Å²) in [6.45, 7) is 9.50. The van der Waals surface area contributed by atoms with E-state index in [1.54, 1.807) is 0 Å². The first-order valence-corrected chi connectivity index (χ1v) is 9.95. The summed E-state index contributed by atoms with van der Waals surface area (Å²) in [4.78, 5) is 28.4. The molecular weight excluding hydrogens is 342 g/mol. The Morgan fingerprint density at radius 2 is 1.89 bits per heavy atom. The van der Waals surface area contributed by atoms with Crippen molar-refractivity contribution in [1.82, 2.24) is 15.1 Å². The highest BCUT2D eigenvalue weighted by Gasteiger charge is 2.26. The van der Waals surface area contributed by atoms with Gasteiger partial charge in [-0.15, -0.1) is 0 Å². The van der Waals surface area contributed by atoms with Gasteiger partial charge in [-0.1, -0.05) is 26.0 Å². The Morgan fingerprint density at radius 3 is 2.52 bits per heavy atom. The lowest BCUT2D eigenvalue weighted by Gasteiger charge is -2.34. The van der Waals surface area contributed by atoms with Crippen molar-refractivity contribution < 1.29 is 14.3 Å². The zero-order valence-electron chi connectivity index (χ0n) is 16.7. The van der Waals surface area contributed by atoms with Crippen LogP contribution in [0.3, 0.4) is 0 Å². The molecule has 2 amide bonds. The highest BCUT2D eigenvalue weighted by molar-refractivity contribution is 5.79. The van der Waals surface area contributed by atoms with Crippen LogP contribution >= 0.6 is 0 Å². The predicted octanol–water partition coefficient (Wildman–Crippen LogP) is 1.92. The van der Waals surface area contributed by atoms with E-state index >= 15 is 0 Å². The van der Waals surface area contributed by atoms with Crippen LogP contribution in [0.15, 0.2) is 18.2 Å². The maximum absolute atomic E-state index is 12.5. The zero-order valence-corrected chi connectivity index (χ0v) is 16.7. The predicted molar refractivity (Wildman–Crippen MR) is 105 cm³/mol. The van der Waals surface area contributed by atoms with Gasteiger partial charge in [0.1, 0.15) is 5.75 Å². The molecule has 0 bridgehead atoms. The van der Waals surface area contributed by atoms with Crippen molar-refractivity contribution in [2.45, 2.75) is 45.6 Å². The number of carbonyl (C=O) groups is 2. The lowest BCUT2D eigenvalue weighted by atomic mass is 10.0. The fraction of sp³-hybridized carbons (Fsp3) is 0.619. The van der Waals surface area contributed by atoms with Crippen molar-refractivity contribution in [3.8, 4) is 5.75 Å². The molecule has 1 saturated heterocycles. The molecule has 2 fully saturated rings. The molecule has 0 aromatic heterocycles. The van der Waals surface area contributed by atoms with Gasteiger partial charge in [0.05, 0.1) is 6.54 Å². The van der Waals surface area contributed by atoms with Crippen LogP contribution in [0.1, 0.15) is 43.7 Å². The molecule has 1 heterocycles. The van der Waals surface area contributed by atoms with Gasteiger partial charge in [0.25, 0.3) is 5.91 Å². The molecule has 0 spiro atoms. The Morgan fingerprint density at radius 1 is 1.19 bits per heavy atom. The van der Waals surface area contributed by atoms with Crippen LogP contribution in [0.4, 0.5) is 0 Å². The van der Waals surface area contributed by atoms with Crippen LogP contribution in [-0.4, -0.2) is 67.0 Å². The summed E-state index contributed by atoms with van der Waals surface area (Å²) >= 11 is 0. The molecule has 0 atom stereocenters. The number of ether oxygens (including phenoxy) is 1. The number of nitrogens with zero attached hydrogens (tertiary/aromatic N) is 2. The van der Waals surface area contributed by atoms with Gasteiger partial charge in [0, 0.05) is 32.2 Å². The van der Waals surface area contributed by atoms with Gasteiger partial charge < -0.3 is 15.0 Å². The normalized spacial score (nSPS) is 17.9. The molecule has 1 aromatic carbocycles. The van der Waals surface area contributed by atoms with Crippen LogP contribution in [0.5, 0.6) is 5.75 Å². The molecule has 1 N–H and O–H groups in total. The Labute approximate surface area is 161 Å². The lowest BCUT2D eigenvalue weighted by Crippen LogP contribution is -2.52. The van der Waals surface area contributed by atoms with E-state index in [9.17, 15) is 9.59 Å². The van der Waals surface area contributed by atoms with Gasteiger partial charge in [-0.3, -0.25) is 14.5 Å². The maximum Gasteiger partial charge on any atom is 0.260 e. The van der Waals surface area contributed by atoms with E-state index in [1.165, 1.54) is 0 Å². The number of rotatable bonds is 7. The Hall–Kier alpha value is -2.08. The summed E-state index contributed by atoms with van der Waals surface area (Å²) in [6, 6.07) is 6.54. The van der Waals surface area contributed by atoms with Gasteiger partial charge >= 0.3 is 0 Å². The third-order valence-electron chi connectivity index (χ3n) is 5.18. The third kappa shape index (κ3) is 5.70. The largest absolute Gasteiger partial charge is 0.483 e. The second-order valence-corrected chi connectivity index (χ2v) is 7.98. The molecule has 6 nitrogen and oxygen atoms in total. The molecule has 1 aliphatic carbocycles. The highest BCUT2D eigenvalue weighted by atomic mass is 16.5. The monoisotopic (exact) mass is 373 g/mol. The summed E-state index contributed by atoms with van der Waals surface area (Å²) in [7, 11) is 0. The lowest BCUT2D eigenvalue weighted by molar-refractivity contribution is -0.135. The number of nitrogens with one attached hydrogen (secondary N) is 1. The topological polar surface area (TPSA) is 61.9 Å².